The molecule has 1 heterocycles. The lowest BCUT2D eigenvalue weighted by Gasteiger charge is -2.28. The molecule has 0 aromatic heterocycles. The minimum absolute atomic E-state index is 0.214. The van der Waals surface area contributed by atoms with Crippen LogP contribution in [0.15, 0.2) is 24.3 Å². The summed E-state index contributed by atoms with van der Waals surface area (Å²) >= 11 is 6.00. The largest absolute Gasteiger partial charge is 0.475 e. The molecule has 0 N–H and O–H groups in total. The van der Waals surface area contributed by atoms with Gasteiger partial charge < -0.3 is 4.74 Å². The average Bonchev–Trinajstić information content (AvgIpc) is 2.88. The Kier molecular flexibility index (Phi) is 5.33. The Labute approximate surface area is 115 Å². The first-order chi connectivity index (χ1) is 8.79. The van der Waals surface area contributed by atoms with Gasteiger partial charge in [0.1, 0.15) is 5.75 Å². The number of ether oxygens (including phenoxy) is 1. The molecule has 2 rings (SSSR count). The molecular weight excluding hydrogens is 246 g/mol. The number of unbranched alkanes of at least 4 members (excludes halogenated alkanes) is 1. The first-order valence-corrected chi connectivity index (χ1v) is 7.33. The molecule has 1 unspecified atom stereocenters. The van der Waals surface area contributed by atoms with Crippen LogP contribution in [-0.4, -0.2) is 24.2 Å². The van der Waals surface area contributed by atoms with Crippen LogP contribution in [0.3, 0.4) is 0 Å². The van der Waals surface area contributed by atoms with Gasteiger partial charge >= 0.3 is 0 Å². The summed E-state index contributed by atoms with van der Waals surface area (Å²) in [5.74, 6) is 0.885. The van der Waals surface area contributed by atoms with E-state index in [0.29, 0.717) is 0 Å². The quantitative estimate of drug-likeness (QED) is 0.761. The van der Waals surface area contributed by atoms with E-state index in [1.54, 1.807) is 0 Å². The minimum Gasteiger partial charge on any atom is -0.475 e. The summed E-state index contributed by atoms with van der Waals surface area (Å²) in [6, 6.07) is 7.71. The van der Waals surface area contributed by atoms with Gasteiger partial charge in [-0.05, 0) is 43.9 Å². The third kappa shape index (κ3) is 3.89. The van der Waals surface area contributed by atoms with Gasteiger partial charge in [0.2, 0.25) is 0 Å². The summed E-state index contributed by atoms with van der Waals surface area (Å²) in [7, 11) is 0. The Balaban J connectivity index is 1.99. The second-order valence-corrected chi connectivity index (χ2v) is 5.35. The highest BCUT2D eigenvalue weighted by atomic mass is 35.5. The second kappa shape index (κ2) is 7.01. The van der Waals surface area contributed by atoms with Gasteiger partial charge in [0.15, 0.2) is 6.23 Å². The van der Waals surface area contributed by atoms with Crippen LogP contribution in [0.2, 0.25) is 5.02 Å². The number of nitrogens with zero attached hydrogens (tertiary/aromatic N) is 1. The maximum absolute atomic E-state index is 6.12. The topological polar surface area (TPSA) is 12.5 Å². The molecule has 1 aliphatic heterocycles. The van der Waals surface area contributed by atoms with Crippen molar-refractivity contribution in [2.75, 3.05) is 13.1 Å². The Morgan fingerprint density at radius 2 is 2.11 bits per heavy atom. The molecule has 3 heteroatoms. The molecule has 1 aromatic carbocycles. The molecular formula is C15H22ClNO. The number of halogens is 1. The summed E-state index contributed by atoms with van der Waals surface area (Å²) < 4.78 is 6.12. The minimum atomic E-state index is 0.214. The fraction of sp³-hybridized carbons (Fsp3) is 0.600. The Morgan fingerprint density at radius 1 is 1.33 bits per heavy atom. The van der Waals surface area contributed by atoms with Crippen molar-refractivity contribution in [3.05, 3.63) is 29.3 Å². The van der Waals surface area contributed by atoms with Crippen LogP contribution < -0.4 is 4.74 Å². The SMILES string of the molecule is CCCCC(Oc1cccc(Cl)c1)N1CCCC1. The zero-order valence-electron chi connectivity index (χ0n) is 11.1. The van der Waals surface area contributed by atoms with E-state index in [0.717, 1.165) is 30.3 Å². The van der Waals surface area contributed by atoms with Gasteiger partial charge in [0.25, 0.3) is 0 Å². The molecule has 2 nitrogen and oxygen atoms in total. The van der Waals surface area contributed by atoms with Gasteiger partial charge in [0.05, 0.1) is 0 Å². The summed E-state index contributed by atoms with van der Waals surface area (Å²) in [6.45, 7) is 4.55. The summed E-state index contributed by atoms with van der Waals surface area (Å²) in [5.41, 5.74) is 0. The average molecular weight is 268 g/mol. The molecule has 1 aliphatic rings. The normalized spacial score (nSPS) is 17.9. The number of rotatable bonds is 6. The molecule has 100 valence electrons. The second-order valence-electron chi connectivity index (χ2n) is 4.92. The van der Waals surface area contributed by atoms with E-state index in [1.165, 1.54) is 25.7 Å². The number of hydrogen-bond acceptors (Lipinski definition) is 2. The molecule has 1 atom stereocenters. The van der Waals surface area contributed by atoms with Crippen molar-refractivity contribution < 1.29 is 4.74 Å². The number of hydrogen-bond donors (Lipinski definition) is 0. The summed E-state index contributed by atoms with van der Waals surface area (Å²) in [4.78, 5) is 2.45. The van der Waals surface area contributed by atoms with Crippen molar-refractivity contribution in [2.24, 2.45) is 0 Å². The highest BCUT2D eigenvalue weighted by molar-refractivity contribution is 6.30. The van der Waals surface area contributed by atoms with E-state index in [-0.39, 0.29) is 6.23 Å². The number of benzene rings is 1. The van der Waals surface area contributed by atoms with Crippen LogP contribution in [-0.2, 0) is 0 Å². The zero-order valence-corrected chi connectivity index (χ0v) is 11.8. The highest BCUT2D eigenvalue weighted by Gasteiger charge is 2.22. The maximum Gasteiger partial charge on any atom is 0.152 e. The van der Waals surface area contributed by atoms with Gasteiger partial charge in [0, 0.05) is 18.1 Å². The van der Waals surface area contributed by atoms with Crippen LogP contribution in [0.5, 0.6) is 5.75 Å². The maximum atomic E-state index is 6.12. The highest BCUT2D eigenvalue weighted by Crippen LogP contribution is 2.23. The molecule has 1 saturated heterocycles. The molecule has 0 spiro atoms. The van der Waals surface area contributed by atoms with Crippen molar-refractivity contribution >= 4 is 11.6 Å². The van der Waals surface area contributed by atoms with Gasteiger partial charge in [-0.2, -0.15) is 0 Å². The molecule has 18 heavy (non-hydrogen) atoms. The van der Waals surface area contributed by atoms with Crippen LogP contribution in [0, 0.1) is 0 Å². The van der Waals surface area contributed by atoms with Crippen molar-refractivity contribution in [1.29, 1.82) is 0 Å². The first kappa shape index (κ1) is 13.7. The monoisotopic (exact) mass is 267 g/mol. The Bertz CT molecular complexity index is 363. The Morgan fingerprint density at radius 3 is 2.78 bits per heavy atom. The number of likely N-dealkylation sites (tertiary alicyclic amines) is 1. The van der Waals surface area contributed by atoms with Crippen molar-refractivity contribution in [3.8, 4) is 5.75 Å². The van der Waals surface area contributed by atoms with Crippen molar-refractivity contribution in [2.45, 2.75) is 45.3 Å². The molecule has 0 amide bonds. The zero-order chi connectivity index (χ0) is 12.8. The first-order valence-electron chi connectivity index (χ1n) is 6.96. The lowest BCUT2D eigenvalue weighted by atomic mass is 10.2. The van der Waals surface area contributed by atoms with Crippen LogP contribution in [0.25, 0.3) is 0 Å². The fourth-order valence-electron chi connectivity index (χ4n) is 2.42. The molecule has 0 radical (unpaired) electrons. The smallest absolute Gasteiger partial charge is 0.152 e. The Hall–Kier alpha value is -0.730. The summed E-state index contributed by atoms with van der Waals surface area (Å²) in [5, 5.41) is 0.739. The van der Waals surface area contributed by atoms with E-state index in [2.05, 4.69) is 11.8 Å². The van der Waals surface area contributed by atoms with E-state index in [1.807, 2.05) is 24.3 Å². The van der Waals surface area contributed by atoms with E-state index in [4.69, 9.17) is 16.3 Å². The van der Waals surface area contributed by atoms with Gasteiger partial charge in [-0.3, -0.25) is 4.90 Å². The van der Waals surface area contributed by atoms with Gasteiger partial charge in [-0.25, -0.2) is 0 Å². The van der Waals surface area contributed by atoms with Crippen LogP contribution >= 0.6 is 11.6 Å². The predicted molar refractivity (Wildman–Crippen MR) is 76.2 cm³/mol. The standard InChI is InChI=1S/C15H22ClNO/c1-2-3-9-15(17-10-4-5-11-17)18-14-8-6-7-13(16)12-14/h6-8,12,15H,2-5,9-11H2,1H3. The predicted octanol–water partition coefficient (Wildman–Crippen LogP) is 4.33. The van der Waals surface area contributed by atoms with E-state index in [9.17, 15) is 0 Å². The van der Waals surface area contributed by atoms with Gasteiger partial charge in [-0.1, -0.05) is 31.0 Å². The third-order valence-electron chi connectivity index (χ3n) is 3.42. The molecule has 1 aromatic rings. The lowest BCUT2D eigenvalue weighted by Crippen LogP contribution is -2.37. The molecule has 0 bridgehead atoms. The molecule has 0 saturated carbocycles. The van der Waals surface area contributed by atoms with Crippen molar-refractivity contribution in [3.63, 3.8) is 0 Å². The van der Waals surface area contributed by atoms with E-state index < -0.39 is 0 Å². The van der Waals surface area contributed by atoms with E-state index >= 15 is 0 Å². The fourth-order valence-corrected chi connectivity index (χ4v) is 2.60. The van der Waals surface area contributed by atoms with Crippen LogP contribution in [0.4, 0.5) is 0 Å². The van der Waals surface area contributed by atoms with Crippen LogP contribution in [0.1, 0.15) is 39.0 Å². The summed E-state index contributed by atoms with van der Waals surface area (Å²) in [6.07, 6.45) is 6.32. The molecule has 0 aliphatic carbocycles. The van der Waals surface area contributed by atoms with Gasteiger partial charge in [-0.15, -0.1) is 0 Å². The molecule has 1 fully saturated rings. The van der Waals surface area contributed by atoms with Crippen molar-refractivity contribution in [1.82, 2.24) is 4.90 Å². The third-order valence-corrected chi connectivity index (χ3v) is 3.66. The lowest BCUT2D eigenvalue weighted by molar-refractivity contribution is 0.0345.